The van der Waals surface area contributed by atoms with Crippen molar-refractivity contribution in [2.24, 2.45) is 18.4 Å². The fourth-order valence-electron chi connectivity index (χ4n) is 4.12. The van der Waals surface area contributed by atoms with Gasteiger partial charge in [-0.2, -0.15) is 5.10 Å². The third kappa shape index (κ3) is 2.77. The summed E-state index contributed by atoms with van der Waals surface area (Å²) in [5.41, 5.74) is 1.72. The maximum absolute atomic E-state index is 13.0. The zero-order valence-electron chi connectivity index (χ0n) is 15.7. The summed E-state index contributed by atoms with van der Waals surface area (Å²) in [6, 6.07) is 8.13. The monoisotopic (exact) mass is 354 g/mol. The molecule has 1 spiro atoms. The highest BCUT2D eigenvalue weighted by molar-refractivity contribution is 6.04. The number of nitrogens with one attached hydrogen (secondary N) is 1. The van der Waals surface area contributed by atoms with Gasteiger partial charge in [-0.05, 0) is 30.7 Å². The Morgan fingerprint density at radius 1 is 1.23 bits per heavy atom. The highest BCUT2D eigenvalue weighted by atomic mass is 16.2. The van der Waals surface area contributed by atoms with Crippen molar-refractivity contribution in [3.63, 3.8) is 0 Å². The minimum Gasteiger partial charge on any atom is -0.353 e. The van der Waals surface area contributed by atoms with Gasteiger partial charge < -0.3 is 10.2 Å². The van der Waals surface area contributed by atoms with Crippen LogP contribution in [0.3, 0.4) is 0 Å². The van der Waals surface area contributed by atoms with Crippen LogP contribution >= 0.6 is 0 Å². The molecule has 6 nitrogen and oxygen atoms in total. The number of carbonyl (C=O) groups is 2. The molecule has 1 saturated carbocycles. The average molecular weight is 354 g/mol. The molecule has 2 heterocycles. The molecule has 4 rings (SSSR count). The van der Waals surface area contributed by atoms with Gasteiger partial charge in [0, 0.05) is 37.5 Å². The van der Waals surface area contributed by atoms with E-state index in [1.807, 2.05) is 50.1 Å². The smallest absolute Gasteiger partial charge is 0.275 e. The summed E-state index contributed by atoms with van der Waals surface area (Å²) in [5, 5.41) is 8.53. The molecule has 2 aromatic rings. The summed E-state index contributed by atoms with van der Waals surface area (Å²) < 4.78 is 1.77. The molecule has 26 heavy (non-hydrogen) atoms. The van der Waals surface area contributed by atoms with Crippen molar-refractivity contribution in [2.75, 3.05) is 13.1 Å². The Labute approximate surface area is 153 Å². The van der Waals surface area contributed by atoms with Gasteiger partial charge in [-0.15, -0.1) is 0 Å². The van der Waals surface area contributed by atoms with Gasteiger partial charge in [0.2, 0.25) is 5.91 Å². The number of para-hydroxylation sites is 1. The van der Waals surface area contributed by atoms with Gasteiger partial charge in [0.15, 0.2) is 5.69 Å². The molecular weight excluding hydrogens is 328 g/mol. The maximum Gasteiger partial charge on any atom is 0.275 e. The summed E-state index contributed by atoms with van der Waals surface area (Å²) >= 11 is 0. The maximum atomic E-state index is 13.0. The van der Waals surface area contributed by atoms with E-state index in [0.29, 0.717) is 5.69 Å². The Morgan fingerprint density at radius 2 is 1.92 bits per heavy atom. The molecule has 1 aliphatic heterocycles. The van der Waals surface area contributed by atoms with Crippen LogP contribution in [0.2, 0.25) is 0 Å². The van der Waals surface area contributed by atoms with Crippen LogP contribution in [0.5, 0.6) is 0 Å². The SMILES string of the molecule is CC(C)C(=O)NC1CC12CCN(C(=O)c1nn(C)c3ccccc13)CC2. The van der Waals surface area contributed by atoms with Crippen LogP contribution in [0.25, 0.3) is 10.9 Å². The lowest BCUT2D eigenvalue weighted by molar-refractivity contribution is -0.124. The van der Waals surface area contributed by atoms with E-state index in [-0.39, 0.29) is 29.2 Å². The topological polar surface area (TPSA) is 67.2 Å². The number of benzene rings is 1. The highest BCUT2D eigenvalue weighted by Gasteiger charge is 2.56. The first-order valence-electron chi connectivity index (χ1n) is 9.43. The molecule has 2 aliphatic rings. The zero-order chi connectivity index (χ0) is 18.5. The number of piperidine rings is 1. The Morgan fingerprint density at radius 3 is 2.62 bits per heavy atom. The first-order valence-corrected chi connectivity index (χ1v) is 9.43. The predicted octanol–water partition coefficient (Wildman–Crippen LogP) is 2.34. The first kappa shape index (κ1) is 17.1. The lowest BCUT2D eigenvalue weighted by atomic mass is 9.92. The van der Waals surface area contributed by atoms with E-state index in [9.17, 15) is 9.59 Å². The number of fused-ring (bicyclic) bond motifs is 1. The Bertz CT molecular complexity index is 862. The predicted molar refractivity (Wildman–Crippen MR) is 99.7 cm³/mol. The van der Waals surface area contributed by atoms with Crippen LogP contribution in [-0.2, 0) is 11.8 Å². The van der Waals surface area contributed by atoms with Crippen molar-refractivity contribution in [3.8, 4) is 0 Å². The molecule has 1 aromatic carbocycles. The Kier molecular flexibility index (Phi) is 4.01. The van der Waals surface area contributed by atoms with Gasteiger partial charge in [-0.25, -0.2) is 0 Å². The lowest BCUT2D eigenvalue weighted by Crippen LogP contribution is -2.42. The molecule has 1 N–H and O–H groups in total. The summed E-state index contributed by atoms with van der Waals surface area (Å²) in [5.74, 6) is 0.164. The molecule has 6 heteroatoms. The molecule has 1 aliphatic carbocycles. The van der Waals surface area contributed by atoms with Crippen molar-refractivity contribution in [3.05, 3.63) is 30.0 Å². The molecule has 1 atom stereocenters. The van der Waals surface area contributed by atoms with Gasteiger partial charge >= 0.3 is 0 Å². The van der Waals surface area contributed by atoms with Crippen LogP contribution in [0.15, 0.2) is 24.3 Å². The van der Waals surface area contributed by atoms with Crippen LogP contribution in [0, 0.1) is 11.3 Å². The lowest BCUT2D eigenvalue weighted by Gasteiger charge is -2.32. The Balaban J connectivity index is 1.42. The van der Waals surface area contributed by atoms with E-state index >= 15 is 0 Å². The normalized spacial score (nSPS) is 21.4. The molecule has 138 valence electrons. The average Bonchev–Trinajstić information content (AvgIpc) is 3.17. The van der Waals surface area contributed by atoms with Gasteiger partial charge in [0.05, 0.1) is 5.52 Å². The van der Waals surface area contributed by atoms with E-state index in [1.165, 1.54) is 0 Å². The highest BCUT2D eigenvalue weighted by Crippen LogP contribution is 2.54. The number of hydrogen-bond acceptors (Lipinski definition) is 3. The summed E-state index contributed by atoms with van der Waals surface area (Å²) in [6.07, 6.45) is 2.94. The number of likely N-dealkylation sites (tertiary alicyclic amines) is 1. The van der Waals surface area contributed by atoms with Crippen molar-refractivity contribution in [1.82, 2.24) is 20.0 Å². The fourth-order valence-corrected chi connectivity index (χ4v) is 4.12. The van der Waals surface area contributed by atoms with E-state index < -0.39 is 0 Å². The van der Waals surface area contributed by atoms with E-state index in [4.69, 9.17) is 0 Å². The van der Waals surface area contributed by atoms with Crippen LogP contribution in [-0.4, -0.2) is 45.6 Å². The van der Waals surface area contributed by atoms with Crippen LogP contribution < -0.4 is 5.32 Å². The third-order valence-electron chi connectivity index (χ3n) is 6.04. The van der Waals surface area contributed by atoms with Gasteiger partial charge in [-0.3, -0.25) is 14.3 Å². The number of aryl methyl sites for hydroxylation is 1. The minimum absolute atomic E-state index is 0.0139. The number of carbonyl (C=O) groups excluding carboxylic acids is 2. The number of rotatable bonds is 3. The largest absolute Gasteiger partial charge is 0.353 e. The summed E-state index contributed by atoms with van der Waals surface area (Å²) in [4.78, 5) is 26.8. The number of amides is 2. The number of nitrogens with zero attached hydrogens (tertiary/aromatic N) is 3. The summed E-state index contributed by atoms with van der Waals surface area (Å²) in [6.45, 7) is 5.31. The molecule has 0 bridgehead atoms. The first-order chi connectivity index (χ1) is 12.4. The van der Waals surface area contributed by atoms with Crippen molar-refractivity contribution in [1.29, 1.82) is 0 Å². The number of aromatic nitrogens is 2. The molecule has 1 saturated heterocycles. The molecule has 1 aromatic heterocycles. The van der Waals surface area contributed by atoms with Gasteiger partial charge in [0.25, 0.3) is 5.91 Å². The second-order valence-electron chi connectivity index (χ2n) is 8.06. The van der Waals surface area contributed by atoms with Crippen LogP contribution in [0.1, 0.15) is 43.6 Å². The minimum atomic E-state index is 0.0139. The van der Waals surface area contributed by atoms with Crippen molar-refractivity contribution < 1.29 is 9.59 Å². The molecule has 0 radical (unpaired) electrons. The molecule has 2 amide bonds. The van der Waals surface area contributed by atoms with Gasteiger partial charge in [-0.1, -0.05) is 32.0 Å². The van der Waals surface area contributed by atoms with E-state index in [1.54, 1.807) is 4.68 Å². The Hall–Kier alpha value is -2.37. The summed E-state index contributed by atoms with van der Waals surface area (Å²) in [7, 11) is 1.87. The second kappa shape index (κ2) is 6.11. The van der Waals surface area contributed by atoms with E-state index in [0.717, 1.165) is 43.3 Å². The quantitative estimate of drug-likeness (QED) is 0.920. The van der Waals surface area contributed by atoms with Crippen molar-refractivity contribution >= 4 is 22.7 Å². The zero-order valence-corrected chi connectivity index (χ0v) is 15.7. The van der Waals surface area contributed by atoms with Crippen molar-refractivity contribution in [2.45, 2.75) is 39.2 Å². The number of hydrogen-bond donors (Lipinski definition) is 1. The molecule has 1 unspecified atom stereocenters. The van der Waals surface area contributed by atoms with Crippen LogP contribution in [0.4, 0.5) is 0 Å². The molecular formula is C20H26N4O2. The fraction of sp³-hybridized carbons (Fsp3) is 0.550. The molecule has 2 fully saturated rings. The van der Waals surface area contributed by atoms with E-state index in [2.05, 4.69) is 10.4 Å². The van der Waals surface area contributed by atoms with Gasteiger partial charge in [0.1, 0.15) is 0 Å². The standard InChI is InChI=1S/C20H26N4O2/c1-13(2)18(25)21-16-12-20(16)8-10-24(11-9-20)19(26)17-14-6-4-5-7-15(14)23(3)22-17/h4-7,13,16H,8-12H2,1-3H3,(H,21,25). The third-order valence-corrected chi connectivity index (χ3v) is 6.04. The second-order valence-corrected chi connectivity index (χ2v) is 8.06.